The van der Waals surface area contributed by atoms with Gasteiger partial charge in [-0.05, 0) is 0 Å². The van der Waals surface area contributed by atoms with E-state index in [1.54, 1.807) is 4.90 Å². The number of likely N-dealkylation sites (tertiary alicyclic amines) is 1. The van der Waals surface area contributed by atoms with Crippen LogP contribution in [0.3, 0.4) is 0 Å². The lowest BCUT2D eigenvalue weighted by Gasteiger charge is -2.37. The van der Waals surface area contributed by atoms with Crippen LogP contribution in [0.5, 0.6) is 0 Å². The van der Waals surface area contributed by atoms with Gasteiger partial charge in [0.25, 0.3) is 11.5 Å². The summed E-state index contributed by atoms with van der Waals surface area (Å²) in [4.78, 5) is 34.3. The number of carbonyl (C=O) groups is 1. The first-order chi connectivity index (χ1) is 13.7. The molecule has 1 amide bonds. The lowest BCUT2D eigenvalue weighted by Crippen LogP contribution is -2.48. The number of carbonyl (C=O) groups excluding carboxylic acids is 1. The van der Waals surface area contributed by atoms with Crippen molar-refractivity contribution in [3.05, 3.63) is 22.1 Å². The maximum Gasteiger partial charge on any atom is 0.288 e. The predicted octanol–water partition coefficient (Wildman–Crippen LogP) is -0.0333. The van der Waals surface area contributed by atoms with Crippen LogP contribution in [-0.4, -0.2) is 83.8 Å². The van der Waals surface area contributed by atoms with Crippen molar-refractivity contribution in [2.75, 3.05) is 57.5 Å². The average Bonchev–Trinajstić information content (AvgIpc) is 3.37. The van der Waals surface area contributed by atoms with E-state index in [0.717, 1.165) is 13.1 Å². The zero-order chi connectivity index (χ0) is 19.1. The van der Waals surface area contributed by atoms with Crippen LogP contribution >= 0.6 is 11.3 Å². The van der Waals surface area contributed by atoms with Gasteiger partial charge in [-0.25, -0.2) is 4.98 Å². The van der Waals surface area contributed by atoms with E-state index in [-0.39, 0.29) is 11.5 Å². The van der Waals surface area contributed by atoms with Crippen molar-refractivity contribution in [3.63, 3.8) is 0 Å². The van der Waals surface area contributed by atoms with E-state index in [2.05, 4.69) is 15.0 Å². The molecular weight excluding hydrogens is 386 g/mol. The van der Waals surface area contributed by atoms with Gasteiger partial charge in [0.1, 0.15) is 5.56 Å². The van der Waals surface area contributed by atoms with E-state index in [4.69, 9.17) is 14.2 Å². The van der Waals surface area contributed by atoms with Gasteiger partial charge >= 0.3 is 0 Å². The minimum Gasteiger partial charge on any atom is -0.378 e. The molecule has 3 saturated heterocycles. The van der Waals surface area contributed by atoms with Gasteiger partial charge in [0.2, 0.25) is 10.1 Å². The molecule has 0 N–H and O–H groups in total. The minimum absolute atomic E-state index is 0.0422. The van der Waals surface area contributed by atoms with Crippen molar-refractivity contribution in [2.45, 2.75) is 18.6 Å². The van der Waals surface area contributed by atoms with E-state index in [1.807, 2.05) is 0 Å². The standard InChI is InChI=1S/C17H21N5O5S/c23-13(20-3-1-17(2-4-20)26-9-10-27-17)12-11-18-15-22(14(12)24)19-16(28-15)21-5-7-25-8-6-21/h11H,1-10H2. The van der Waals surface area contributed by atoms with Crippen LogP contribution in [0.15, 0.2) is 11.0 Å². The molecule has 3 aliphatic rings. The topological polar surface area (TPSA) is 98.5 Å². The third-order valence-corrected chi connectivity index (χ3v) is 6.40. The van der Waals surface area contributed by atoms with Gasteiger partial charge in [-0.1, -0.05) is 11.3 Å². The summed E-state index contributed by atoms with van der Waals surface area (Å²) in [6.07, 6.45) is 2.58. The largest absolute Gasteiger partial charge is 0.378 e. The second kappa shape index (κ2) is 7.07. The van der Waals surface area contributed by atoms with Gasteiger partial charge in [-0.2, -0.15) is 4.52 Å². The number of aromatic nitrogens is 3. The van der Waals surface area contributed by atoms with Crippen molar-refractivity contribution < 1.29 is 19.0 Å². The van der Waals surface area contributed by atoms with E-state index < -0.39 is 11.3 Å². The molecule has 28 heavy (non-hydrogen) atoms. The molecule has 150 valence electrons. The molecule has 5 heterocycles. The molecule has 0 bridgehead atoms. The quantitative estimate of drug-likeness (QED) is 0.684. The number of ether oxygens (including phenoxy) is 3. The number of piperidine rings is 1. The highest BCUT2D eigenvalue weighted by Crippen LogP contribution is 2.31. The third-order valence-electron chi connectivity index (χ3n) is 5.41. The lowest BCUT2D eigenvalue weighted by molar-refractivity contribution is -0.181. The Morgan fingerprint density at radius 2 is 1.79 bits per heavy atom. The summed E-state index contributed by atoms with van der Waals surface area (Å²) < 4.78 is 18.0. The molecule has 0 radical (unpaired) electrons. The summed E-state index contributed by atoms with van der Waals surface area (Å²) in [7, 11) is 0. The van der Waals surface area contributed by atoms with Crippen LogP contribution < -0.4 is 10.5 Å². The van der Waals surface area contributed by atoms with Crippen molar-refractivity contribution in [3.8, 4) is 0 Å². The van der Waals surface area contributed by atoms with Crippen LogP contribution in [0.2, 0.25) is 0 Å². The summed E-state index contributed by atoms with van der Waals surface area (Å²) in [5, 5.41) is 5.12. The van der Waals surface area contributed by atoms with E-state index in [0.29, 0.717) is 62.5 Å². The zero-order valence-electron chi connectivity index (χ0n) is 15.3. The average molecular weight is 407 g/mol. The number of fused-ring (bicyclic) bond motifs is 1. The smallest absolute Gasteiger partial charge is 0.288 e. The van der Waals surface area contributed by atoms with Crippen LogP contribution in [0.4, 0.5) is 5.13 Å². The molecule has 1 spiro atoms. The lowest BCUT2D eigenvalue weighted by atomic mass is 10.0. The Hall–Kier alpha value is -2.08. The number of rotatable bonds is 2. The molecule has 0 aliphatic carbocycles. The SMILES string of the molecule is O=C(c1cnc2sc(N3CCOCC3)nn2c1=O)N1CCC2(CC1)OCCO2. The molecule has 10 nitrogen and oxygen atoms in total. The van der Waals surface area contributed by atoms with Crippen LogP contribution in [0.25, 0.3) is 4.96 Å². The number of anilines is 1. The second-order valence-electron chi connectivity index (χ2n) is 7.06. The Bertz CT molecular complexity index is 937. The number of amides is 1. The van der Waals surface area contributed by atoms with Crippen molar-refractivity contribution in [2.24, 2.45) is 0 Å². The van der Waals surface area contributed by atoms with Gasteiger partial charge in [0, 0.05) is 45.2 Å². The highest BCUT2D eigenvalue weighted by molar-refractivity contribution is 7.20. The molecule has 2 aromatic heterocycles. The fourth-order valence-electron chi connectivity index (χ4n) is 3.81. The molecule has 0 unspecified atom stereocenters. The number of hydrogen-bond donors (Lipinski definition) is 0. The van der Waals surface area contributed by atoms with Gasteiger partial charge in [0.15, 0.2) is 5.79 Å². The molecular formula is C17H21N5O5S. The maximum absolute atomic E-state index is 12.9. The van der Waals surface area contributed by atoms with E-state index >= 15 is 0 Å². The fourth-order valence-corrected chi connectivity index (χ4v) is 4.72. The molecule has 5 rings (SSSR count). The highest BCUT2D eigenvalue weighted by Gasteiger charge is 2.41. The Kier molecular flexibility index (Phi) is 4.54. The second-order valence-corrected chi connectivity index (χ2v) is 7.99. The van der Waals surface area contributed by atoms with Crippen molar-refractivity contribution in [1.29, 1.82) is 0 Å². The minimum atomic E-state index is -0.560. The summed E-state index contributed by atoms with van der Waals surface area (Å²) in [6.45, 7) is 4.85. The first-order valence-electron chi connectivity index (χ1n) is 9.44. The van der Waals surface area contributed by atoms with Gasteiger partial charge in [-0.3, -0.25) is 9.59 Å². The molecule has 11 heteroatoms. The number of nitrogens with zero attached hydrogens (tertiary/aromatic N) is 5. The Labute approximate surface area is 164 Å². The Morgan fingerprint density at radius 3 is 2.50 bits per heavy atom. The maximum atomic E-state index is 12.9. The molecule has 2 aromatic rings. The third kappa shape index (κ3) is 3.08. The molecule has 3 aliphatic heterocycles. The van der Waals surface area contributed by atoms with E-state index in [1.165, 1.54) is 22.0 Å². The van der Waals surface area contributed by atoms with Crippen LogP contribution in [-0.2, 0) is 14.2 Å². The summed E-state index contributed by atoms with van der Waals surface area (Å²) in [6, 6.07) is 0. The predicted molar refractivity (Wildman–Crippen MR) is 99.9 cm³/mol. The van der Waals surface area contributed by atoms with Gasteiger partial charge < -0.3 is 24.0 Å². The fraction of sp³-hybridized carbons (Fsp3) is 0.647. The van der Waals surface area contributed by atoms with Gasteiger partial charge in [0.05, 0.1) is 26.4 Å². The molecule has 0 aromatic carbocycles. The summed E-state index contributed by atoms with van der Waals surface area (Å²) >= 11 is 1.34. The Morgan fingerprint density at radius 1 is 1.07 bits per heavy atom. The zero-order valence-corrected chi connectivity index (χ0v) is 16.2. The number of morpholine rings is 1. The van der Waals surface area contributed by atoms with Crippen LogP contribution in [0.1, 0.15) is 23.2 Å². The molecule has 0 saturated carbocycles. The normalized spacial score (nSPS) is 22.3. The molecule has 0 atom stereocenters. The molecule has 3 fully saturated rings. The Balaban J connectivity index is 1.37. The first kappa shape index (κ1) is 18.0. The van der Waals surface area contributed by atoms with E-state index in [9.17, 15) is 9.59 Å². The van der Waals surface area contributed by atoms with Gasteiger partial charge in [-0.15, -0.1) is 5.10 Å². The van der Waals surface area contributed by atoms with Crippen molar-refractivity contribution in [1.82, 2.24) is 19.5 Å². The highest BCUT2D eigenvalue weighted by atomic mass is 32.1. The number of hydrogen-bond acceptors (Lipinski definition) is 9. The van der Waals surface area contributed by atoms with Crippen LogP contribution in [0, 0.1) is 0 Å². The van der Waals surface area contributed by atoms with Crippen molar-refractivity contribution >= 4 is 27.3 Å². The first-order valence-corrected chi connectivity index (χ1v) is 10.3. The summed E-state index contributed by atoms with van der Waals surface area (Å²) in [5.41, 5.74) is -0.389. The summed E-state index contributed by atoms with van der Waals surface area (Å²) in [5.74, 6) is -0.878. The monoisotopic (exact) mass is 407 g/mol.